The van der Waals surface area contributed by atoms with Gasteiger partial charge in [0.25, 0.3) is 5.82 Å². The summed E-state index contributed by atoms with van der Waals surface area (Å²) in [6.07, 6.45) is -3.29. The number of nitrogens with zero attached hydrogens (tertiary/aromatic N) is 7. The number of hydrogen-bond donors (Lipinski definition) is 1. The molecule has 0 fully saturated rings. The van der Waals surface area contributed by atoms with Crippen LogP contribution in [0.2, 0.25) is 5.02 Å². The van der Waals surface area contributed by atoms with Crippen molar-refractivity contribution in [3.8, 4) is 0 Å². The molecule has 1 N–H and O–H groups in total. The molecule has 1 unspecified atom stereocenters. The molecule has 0 radical (unpaired) electrons. The summed E-state index contributed by atoms with van der Waals surface area (Å²) in [5, 5.41) is 25.7. The van der Waals surface area contributed by atoms with Gasteiger partial charge in [-0.3, -0.25) is 0 Å². The summed E-state index contributed by atoms with van der Waals surface area (Å²) in [7, 11) is 0. The van der Waals surface area contributed by atoms with Crippen LogP contribution in [0.15, 0.2) is 23.4 Å². The molecule has 0 spiro atoms. The number of aliphatic hydroxyl groups is 1. The van der Waals surface area contributed by atoms with Crippen LogP contribution in [0.3, 0.4) is 0 Å². The average Bonchev–Trinajstić information content (AvgIpc) is 3.13. The summed E-state index contributed by atoms with van der Waals surface area (Å²) in [5.41, 5.74) is -1.33. The van der Waals surface area contributed by atoms with E-state index >= 15 is 0 Å². The molecule has 3 heterocycles. The van der Waals surface area contributed by atoms with E-state index < -0.39 is 17.7 Å². The predicted molar refractivity (Wildman–Crippen MR) is 82.3 cm³/mol. The van der Waals surface area contributed by atoms with Gasteiger partial charge in [0.15, 0.2) is 11.5 Å². The van der Waals surface area contributed by atoms with Crippen molar-refractivity contribution >= 4 is 34.7 Å². The highest BCUT2D eigenvalue weighted by Crippen LogP contribution is 2.35. The topological polar surface area (TPSA) is 92.3 Å². The third-order valence-electron chi connectivity index (χ3n) is 3.31. The smallest absolute Gasteiger partial charge is 0.368 e. The Balaban J connectivity index is 1.87. The molecule has 2 aromatic heterocycles. The van der Waals surface area contributed by atoms with E-state index in [0.29, 0.717) is 0 Å². The van der Waals surface area contributed by atoms with E-state index in [2.05, 4.69) is 25.5 Å². The van der Waals surface area contributed by atoms with Crippen molar-refractivity contribution in [2.45, 2.75) is 24.9 Å². The molecule has 3 rings (SSSR count). The second kappa shape index (κ2) is 6.39. The molecular weight excluding hydrogens is 386 g/mol. The van der Waals surface area contributed by atoms with Crippen LogP contribution in [0, 0.1) is 0 Å². The molecule has 1 atom stereocenters. The minimum atomic E-state index is -4.69. The predicted octanol–water partition coefficient (Wildman–Crippen LogP) is 1.93. The second-order valence-corrected chi connectivity index (χ2v) is 5.90. The number of pyridine rings is 1. The van der Waals surface area contributed by atoms with E-state index in [9.17, 15) is 18.3 Å². The monoisotopic (exact) mass is 395 g/mol. The summed E-state index contributed by atoms with van der Waals surface area (Å²) in [4.78, 5) is 4.79. The third kappa shape index (κ3) is 3.53. The van der Waals surface area contributed by atoms with Crippen LogP contribution < -0.4 is 5.01 Å². The Morgan fingerprint density at radius 2 is 2.12 bits per heavy atom. The van der Waals surface area contributed by atoms with Gasteiger partial charge < -0.3 is 5.11 Å². The van der Waals surface area contributed by atoms with Crippen molar-refractivity contribution < 1.29 is 18.3 Å². The highest BCUT2D eigenvalue weighted by atomic mass is 35.5. The molecule has 25 heavy (non-hydrogen) atoms. The highest BCUT2D eigenvalue weighted by Gasteiger charge is 2.43. The van der Waals surface area contributed by atoms with Gasteiger partial charge in [-0.05, 0) is 17.3 Å². The molecule has 0 aliphatic carbocycles. The number of tetrazole rings is 1. The molecule has 13 heteroatoms. The number of aromatic nitrogens is 5. The number of hydrogen-bond acceptors (Lipinski definition) is 7. The van der Waals surface area contributed by atoms with Crippen LogP contribution in [0.25, 0.3) is 0 Å². The Morgan fingerprint density at radius 3 is 2.72 bits per heavy atom. The Bertz CT molecular complexity index is 812. The van der Waals surface area contributed by atoms with Gasteiger partial charge in [-0.25, -0.2) is 9.99 Å². The minimum absolute atomic E-state index is 0.0493. The molecule has 1 aliphatic heterocycles. The Kier molecular flexibility index (Phi) is 4.56. The number of rotatable bonds is 4. The van der Waals surface area contributed by atoms with Crippen molar-refractivity contribution in [3.63, 3.8) is 0 Å². The Morgan fingerprint density at radius 1 is 1.36 bits per heavy atom. The van der Waals surface area contributed by atoms with Gasteiger partial charge in [0.05, 0.1) is 16.6 Å². The van der Waals surface area contributed by atoms with Gasteiger partial charge in [0.2, 0.25) is 0 Å². The molecule has 134 valence electrons. The molecule has 0 aromatic carbocycles. The zero-order valence-electron chi connectivity index (χ0n) is 12.3. The van der Waals surface area contributed by atoms with E-state index in [0.717, 1.165) is 9.81 Å². The maximum Gasteiger partial charge on any atom is 0.455 e. The lowest BCUT2D eigenvalue weighted by Gasteiger charge is -2.30. The first kappa shape index (κ1) is 17.8. The summed E-state index contributed by atoms with van der Waals surface area (Å²) >= 11 is 11.9. The normalized spacial score (nSPS) is 20.9. The van der Waals surface area contributed by atoms with Gasteiger partial charge in [-0.2, -0.15) is 23.1 Å². The first-order chi connectivity index (χ1) is 11.7. The largest absolute Gasteiger partial charge is 0.455 e. The van der Waals surface area contributed by atoms with Gasteiger partial charge in [-0.1, -0.05) is 11.6 Å². The summed E-state index contributed by atoms with van der Waals surface area (Å²) in [6, 6.07) is 3.16. The van der Waals surface area contributed by atoms with E-state index in [1.165, 1.54) is 6.20 Å². The lowest BCUT2D eigenvalue weighted by atomic mass is 10.1. The van der Waals surface area contributed by atoms with Crippen molar-refractivity contribution in [3.05, 3.63) is 29.2 Å². The van der Waals surface area contributed by atoms with Crippen molar-refractivity contribution in [1.29, 1.82) is 0 Å². The van der Waals surface area contributed by atoms with E-state index in [1.807, 2.05) is 0 Å². The van der Waals surface area contributed by atoms with Crippen molar-refractivity contribution in [1.82, 2.24) is 25.2 Å². The number of alkyl halides is 4. The summed E-state index contributed by atoms with van der Waals surface area (Å²) in [5.74, 6) is -1.42. The van der Waals surface area contributed by atoms with Gasteiger partial charge in [-0.15, -0.1) is 21.8 Å². The number of halogens is 5. The van der Waals surface area contributed by atoms with E-state index in [4.69, 9.17) is 23.2 Å². The van der Waals surface area contributed by atoms with Crippen molar-refractivity contribution in [2.24, 2.45) is 5.10 Å². The first-order valence-electron chi connectivity index (χ1n) is 6.83. The van der Waals surface area contributed by atoms with Crippen LogP contribution in [0.5, 0.6) is 0 Å². The molecule has 2 aromatic rings. The lowest BCUT2D eigenvalue weighted by molar-refractivity contribution is -0.145. The first-order valence-corrected chi connectivity index (χ1v) is 7.74. The second-order valence-electron chi connectivity index (χ2n) is 5.22. The molecule has 0 bridgehead atoms. The fraction of sp³-hybridized carbons (Fsp3) is 0.417. The average molecular weight is 396 g/mol. The fourth-order valence-electron chi connectivity index (χ4n) is 2.23. The third-order valence-corrected chi connectivity index (χ3v) is 4.03. The van der Waals surface area contributed by atoms with Crippen LogP contribution in [-0.2, 0) is 12.7 Å². The SMILES string of the molecule is OC1(CCl)CC(Cn2nnc(C(F)(F)F)n2)=NN1c1ncccc1Cl. The Labute approximate surface area is 148 Å². The van der Waals surface area contributed by atoms with Crippen LogP contribution in [-0.4, -0.2) is 47.6 Å². The zero-order chi connectivity index (χ0) is 18.2. The maximum atomic E-state index is 12.5. The van der Waals surface area contributed by atoms with Crippen LogP contribution in [0.4, 0.5) is 19.0 Å². The molecule has 0 saturated carbocycles. The summed E-state index contributed by atoms with van der Waals surface area (Å²) in [6.45, 7) is -0.205. The Hall–Kier alpha value is -1.98. The molecule has 1 aliphatic rings. The summed E-state index contributed by atoms with van der Waals surface area (Å²) < 4.78 is 37.6. The molecule has 0 saturated heterocycles. The molecule has 0 amide bonds. The zero-order valence-corrected chi connectivity index (χ0v) is 13.8. The quantitative estimate of drug-likeness (QED) is 0.795. The van der Waals surface area contributed by atoms with Crippen LogP contribution >= 0.6 is 23.2 Å². The standard InChI is InChI=1S/C12H10Cl2F3N7O/c13-6-11(25)4-7(5-23-21-10(19-22-23)12(15,16)17)20-24(11)9-8(14)2-1-3-18-9/h1-3,25H,4-6H2. The highest BCUT2D eigenvalue weighted by molar-refractivity contribution is 6.33. The molecule has 8 nitrogen and oxygen atoms in total. The van der Waals surface area contributed by atoms with E-state index in [-0.39, 0.29) is 35.4 Å². The van der Waals surface area contributed by atoms with Gasteiger partial charge in [0, 0.05) is 12.6 Å². The number of anilines is 1. The van der Waals surface area contributed by atoms with Gasteiger partial charge >= 0.3 is 6.18 Å². The van der Waals surface area contributed by atoms with Crippen molar-refractivity contribution in [2.75, 3.05) is 10.9 Å². The maximum absolute atomic E-state index is 12.5. The molecular formula is C12H10Cl2F3N7O. The van der Waals surface area contributed by atoms with Crippen LogP contribution in [0.1, 0.15) is 12.2 Å². The fourth-order valence-corrected chi connectivity index (χ4v) is 2.64. The van der Waals surface area contributed by atoms with Gasteiger partial charge in [0.1, 0.15) is 6.54 Å². The van der Waals surface area contributed by atoms with E-state index in [1.54, 1.807) is 12.1 Å². The number of hydrazone groups is 1. The lowest BCUT2D eigenvalue weighted by Crippen LogP contribution is -2.45. The minimum Gasteiger partial charge on any atom is -0.368 e.